The quantitative estimate of drug-likeness (QED) is 0.703. The Morgan fingerprint density at radius 1 is 1.12 bits per heavy atom. The molecular weight excluding hydrogens is 340 g/mol. The fraction of sp³-hybridized carbons (Fsp3) is 0.286. The van der Waals surface area contributed by atoms with Gasteiger partial charge >= 0.3 is 0 Å². The van der Waals surface area contributed by atoms with Gasteiger partial charge in [-0.2, -0.15) is 0 Å². The van der Waals surface area contributed by atoms with Crippen molar-refractivity contribution in [2.75, 3.05) is 6.54 Å². The summed E-state index contributed by atoms with van der Waals surface area (Å²) in [6, 6.07) is 10.7. The minimum Gasteiger partial charge on any atom is -0.334 e. The molecule has 4 nitrogen and oxygen atoms in total. The number of aromatic nitrogens is 3. The zero-order valence-electron chi connectivity index (χ0n) is 15.1. The van der Waals surface area contributed by atoms with Crippen LogP contribution in [0.25, 0.3) is 11.3 Å². The summed E-state index contributed by atoms with van der Waals surface area (Å²) < 4.78 is 0.573. The lowest BCUT2D eigenvalue weighted by Crippen LogP contribution is -2.30. The second-order valence-electron chi connectivity index (χ2n) is 6.95. The molecule has 1 N–H and O–H groups in total. The first-order valence-electron chi connectivity index (χ1n) is 8.91. The van der Waals surface area contributed by atoms with Crippen molar-refractivity contribution in [1.29, 1.82) is 0 Å². The zero-order valence-corrected chi connectivity index (χ0v) is 15.9. The molecule has 3 aromatic rings. The Bertz CT molecular complexity index is 992. The molecular formula is C21H22N4S. The van der Waals surface area contributed by atoms with Crippen LogP contribution >= 0.6 is 12.2 Å². The zero-order chi connectivity index (χ0) is 18.1. The normalized spacial score (nSPS) is 14.2. The van der Waals surface area contributed by atoms with E-state index in [1.807, 2.05) is 12.4 Å². The maximum atomic E-state index is 5.11. The highest BCUT2D eigenvalue weighted by Crippen LogP contribution is 2.24. The Kier molecular flexibility index (Phi) is 4.66. The van der Waals surface area contributed by atoms with E-state index in [2.05, 4.69) is 59.0 Å². The molecule has 0 radical (unpaired) electrons. The monoisotopic (exact) mass is 362 g/mol. The number of pyridine rings is 1. The van der Waals surface area contributed by atoms with Gasteiger partial charge in [0, 0.05) is 55.3 Å². The van der Waals surface area contributed by atoms with Crippen LogP contribution in [0, 0.1) is 18.6 Å². The molecule has 0 unspecified atom stereocenters. The fourth-order valence-corrected chi connectivity index (χ4v) is 3.68. The lowest BCUT2D eigenvalue weighted by atomic mass is 10.0. The lowest BCUT2D eigenvalue weighted by Gasteiger charge is -2.28. The van der Waals surface area contributed by atoms with Crippen molar-refractivity contribution in [2.45, 2.75) is 33.4 Å². The van der Waals surface area contributed by atoms with Crippen molar-refractivity contribution < 1.29 is 0 Å². The van der Waals surface area contributed by atoms with E-state index in [-0.39, 0.29) is 0 Å². The molecule has 1 aromatic carbocycles. The summed E-state index contributed by atoms with van der Waals surface area (Å²) >= 11 is 5.11. The van der Waals surface area contributed by atoms with Crippen LogP contribution in [0.15, 0.2) is 42.7 Å². The van der Waals surface area contributed by atoms with Crippen molar-refractivity contribution in [1.82, 2.24) is 19.9 Å². The molecule has 0 atom stereocenters. The first-order valence-corrected chi connectivity index (χ1v) is 9.32. The molecule has 1 aliphatic heterocycles. The van der Waals surface area contributed by atoms with Gasteiger partial charge in [-0.05, 0) is 48.8 Å². The van der Waals surface area contributed by atoms with Gasteiger partial charge in [-0.1, -0.05) is 24.3 Å². The predicted octanol–water partition coefficient (Wildman–Crippen LogP) is 4.38. The van der Waals surface area contributed by atoms with Gasteiger partial charge < -0.3 is 4.98 Å². The van der Waals surface area contributed by atoms with Gasteiger partial charge in [0.15, 0.2) is 4.77 Å². The van der Waals surface area contributed by atoms with E-state index in [9.17, 15) is 0 Å². The van der Waals surface area contributed by atoms with Crippen molar-refractivity contribution in [3.8, 4) is 11.3 Å². The van der Waals surface area contributed by atoms with E-state index in [4.69, 9.17) is 17.2 Å². The van der Waals surface area contributed by atoms with Crippen LogP contribution < -0.4 is 0 Å². The maximum Gasteiger partial charge on any atom is 0.196 e. The third-order valence-electron chi connectivity index (χ3n) is 5.17. The number of hydrogen-bond donors (Lipinski definition) is 1. The number of benzene rings is 1. The number of rotatable bonds is 3. The largest absolute Gasteiger partial charge is 0.334 e. The van der Waals surface area contributed by atoms with Crippen molar-refractivity contribution in [2.24, 2.45) is 0 Å². The minimum absolute atomic E-state index is 0.573. The van der Waals surface area contributed by atoms with Crippen LogP contribution in [0.2, 0.25) is 0 Å². The number of nitrogens with one attached hydrogen (secondary N) is 1. The molecule has 0 saturated heterocycles. The van der Waals surface area contributed by atoms with Gasteiger partial charge in [-0.3, -0.25) is 9.88 Å². The second-order valence-corrected chi connectivity index (χ2v) is 7.34. The molecule has 0 fully saturated rings. The van der Waals surface area contributed by atoms with E-state index in [0.717, 1.165) is 31.7 Å². The number of aromatic amines is 1. The summed E-state index contributed by atoms with van der Waals surface area (Å²) in [6.45, 7) is 7.11. The Morgan fingerprint density at radius 3 is 2.81 bits per heavy atom. The highest BCUT2D eigenvalue weighted by molar-refractivity contribution is 7.71. The summed E-state index contributed by atoms with van der Waals surface area (Å²) in [5, 5.41) is 0. The maximum absolute atomic E-state index is 5.11. The molecule has 0 saturated carbocycles. The third-order valence-corrected chi connectivity index (χ3v) is 5.37. The lowest BCUT2D eigenvalue weighted by molar-refractivity contribution is 0.242. The molecule has 0 bridgehead atoms. The summed E-state index contributed by atoms with van der Waals surface area (Å²) in [5.74, 6) is 0. The Balaban J connectivity index is 1.49. The Hall–Kier alpha value is -2.37. The van der Waals surface area contributed by atoms with Crippen molar-refractivity contribution in [3.05, 3.63) is 75.4 Å². The molecule has 2 aromatic heterocycles. The molecule has 0 spiro atoms. The summed E-state index contributed by atoms with van der Waals surface area (Å²) in [7, 11) is 0. The van der Waals surface area contributed by atoms with Crippen LogP contribution in [0.1, 0.15) is 27.9 Å². The van der Waals surface area contributed by atoms with Gasteiger partial charge in [0.1, 0.15) is 0 Å². The van der Waals surface area contributed by atoms with E-state index >= 15 is 0 Å². The molecule has 4 rings (SSSR count). The summed E-state index contributed by atoms with van der Waals surface area (Å²) in [4.78, 5) is 14.6. The van der Waals surface area contributed by atoms with Crippen LogP contribution in [0.3, 0.4) is 0 Å². The van der Waals surface area contributed by atoms with Crippen LogP contribution in [-0.2, 0) is 19.5 Å². The summed E-state index contributed by atoms with van der Waals surface area (Å²) in [5.41, 5.74) is 8.55. The smallest absolute Gasteiger partial charge is 0.196 e. The molecule has 3 heterocycles. The number of aryl methyl sites for hydroxylation is 1. The topological polar surface area (TPSA) is 44.8 Å². The van der Waals surface area contributed by atoms with E-state index in [1.54, 1.807) is 0 Å². The molecule has 0 aliphatic carbocycles. The van der Waals surface area contributed by atoms with Gasteiger partial charge in [-0.25, -0.2) is 4.98 Å². The summed E-state index contributed by atoms with van der Waals surface area (Å²) in [6.07, 6.45) is 4.89. The highest BCUT2D eigenvalue weighted by atomic mass is 32.1. The molecule has 1 aliphatic rings. The van der Waals surface area contributed by atoms with Crippen molar-refractivity contribution in [3.63, 3.8) is 0 Å². The minimum atomic E-state index is 0.573. The van der Waals surface area contributed by atoms with Crippen molar-refractivity contribution >= 4 is 12.2 Å². The first kappa shape index (κ1) is 17.1. The molecule has 132 valence electrons. The van der Waals surface area contributed by atoms with E-state index < -0.39 is 0 Å². The Labute approximate surface area is 159 Å². The van der Waals surface area contributed by atoms with Gasteiger partial charge in [-0.15, -0.1) is 0 Å². The average molecular weight is 363 g/mol. The number of fused-ring (bicyclic) bond motifs is 1. The predicted molar refractivity (Wildman–Crippen MR) is 106 cm³/mol. The van der Waals surface area contributed by atoms with Crippen LogP contribution in [0.5, 0.6) is 0 Å². The average Bonchev–Trinajstić information content (AvgIpc) is 2.65. The highest BCUT2D eigenvalue weighted by Gasteiger charge is 2.17. The SMILES string of the molecule is Cc1cccc(-c2ccc(CN3CCc4[nH]c(=S)ncc4C3)cn2)c1C. The molecule has 5 heteroatoms. The van der Waals surface area contributed by atoms with E-state index in [0.29, 0.717) is 4.77 Å². The first-order chi connectivity index (χ1) is 12.6. The number of hydrogen-bond acceptors (Lipinski definition) is 4. The Morgan fingerprint density at radius 2 is 2.00 bits per heavy atom. The third kappa shape index (κ3) is 3.45. The van der Waals surface area contributed by atoms with Gasteiger partial charge in [0.2, 0.25) is 0 Å². The van der Waals surface area contributed by atoms with Gasteiger partial charge in [0.05, 0.1) is 5.69 Å². The molecule has 26 heavy (non-hydrogen) atoms. The fourth-order valence-electron chi connectivity index (χ4n) is 3.50. The second kappa shape index (κ2) is 7.09. The number of H-pyrrole nitrogens is 1. The van der Waals surface area contributed by atoms with Gasteiger partial charge in [0.25, 0.3) is 0 Å². The van der Waals surface area contributed by atoms with Crippen LogP contribution in [0.4, 0.5) is 0 Å². The standard InChI is InChI=1S/C21H22N4S/c1-14-4-3-5-18(15(14)2)20-7-6-16(10-22-20)12-25-9-8-19-17(13-25)11-23-21(26)24-19/h3-7,10-11H,8-9,12-13H2,1-2H3,(H,23,24,26). The molecule has 0 amide bonds. The number of nitrogens with zero attached hydrogens (tertiary/aromatic N) is 3. The van der Waals surface area contributed by atoms with Crippen LogP contribution in [-0.4, -0.2) is 26.4 Å². The van der Waals surface area contributed by atoms with E-state index in [1.165, 1.54) is 33.5 Å².